The molecule has 3 rings (SSSR count). The summed E-state index contributed by atoms with van der Waals surface area (Å²) in [6.07, 6.45) is 0. The molecule has 1 atom stereocenters. The highest BCUT2D eigenvalue weighted by atomic mass is 35.5. The van der Waals surface area contributed by atoms with E-state index in [4.69, 9.17) is 11.6 Å². The van der Waals surface area contributed by atoms with Gasteiger partial charge in [-0.2, -0.15) is 14.5 Å². The minimum atomic E-state index is -1.10. The van der Waals surface area contributed by atoms with Gasteiger partial charge in [-0.3, -0.25) is 0 Å². The van der Waals surface area contributed by atoms with E-state index >= 15 is 0 Å². The average molecular weight is 384 g/mol. The van der Waals surface area contributed by atoms with Crippen LogP contribution in [0.15, 0.2) is 18.2 Å². The van der Waals surface area contributed by atoms with Gasteiger partial charge in [0.15, 0.2) is 5.82 Å². The molecule has 1 N–H and O–H groups in total. The largest absolute Gasteiger partial charge is 0.367 e. The maximum atomic E-state index is 14.0. The summed E-state index contributed by atoms with van der Waals surface area (Å²) < 4.78 is 42.5. The monoisotopic (exact) mass is 383 g/mol. The number of hydrogen-bond acceptors (Lipinski definition) is 4. The quantitative estimate of drug-likeness (QED) is 0.665. The molecule has 1 aromatic carbocycles. The van der Waals surface area contributed by atoms with Gasteiger partial charge >= 0.3 is 0 Å². The van der Waals surface area contributed by atoms with Gasteiger partial charge in [0.05, 0.1) is 5.56 Å². The predicted molar refractivity (Wildman–Crippen MR) is 93.6 cm³/mol. The lowest BCUT2D eigenvalue weighted by molar-refractivity contribution is 0.358. The summed E-state index contributed by atoms with van der Waals surface area (Å²) in [5.74, 6) is -2.91. The molecule has 9 heteroatoms. The Balaban J connectivity index is 2.14. The fourth-order valence-electron chi connectivity index (χ4n) is 2.24. The van der Waals surface area contributed by atoms with Crippen molar-refractivity contribution in [3.63, 3.8) is 0 Å². The van der Waals surface area contributed by atoms with Crippen molar-refractivity contribution in [2.24, 2.45) is 5.41 Å². The molecule has 0 spiro atoms. The molecule has 0 saturated carbocycles. The second-order valence-corrected chi connectivity index (χ2v) is 7.48. The first-order chi connectivity index (χ1) is 12.1. The minimum absolute atomic E-state index is 0.0242. The zero-order valence-corrected chi connectivity index (χ0v) is 15.4. The fourth-order valence-corrected chi connectivity index (χ4v) is 2.42. The van der Waals surface area contributed by atoms with Crippen molar-refractivity contribution in [2.45, 2.75) is 33.7 Å². The zero-order valence-electron chi connectivity index (χ0n) is 14.6. The molecule has 0 aliphatic rings. The van der Waals surface area contributed by atoms with E-state index in [-0.39, 0.29) is 28.2 Å². The molecule has 2 aromatic heterocycles. The predicted octanol–water partition coefficient (Wildman–Crippen LogP) is 4.71. The van der Waals surface area contributed by atoms with E-state index < -0.39 is 23.0 Å². The summed E-state index contributed by atoms with van der Waals surface area (Å²) in [7, 11) is 0. The Hall–Kier alpha value is -2.35. The van der Waals surface area contributed by atoms with Crippen LogP contribution in [0, 0.1) is 22.9 Å². The van der Waals surface area contributed by atoms with Gasteiger partial charge in [-0.15, -0.1) is 5.10 Å². The third-order valence-electron chi connectivity index (χ3n) is 4.17. The summed E-state index contributed by atoms with van der Waals surface area (Å²) in [5.41, 5.74) is -0.594. The molecule has 0 aliphatic heterocycles. The van der Waals surface area contributed by atoms with Crippen LogP contribution >= 0.6 is 11.6 Å². The van der Waals surface area contributed by atoms with Crippen LogP contribution in [-0.2, 0) is 0 Å². The summed E-state index contributed by atoms with van der Waals surface area (Å²) in [6, 6.07) is 2.72. The standard InChI is InChI=1S/C17H17ClF3N5/c1-8(17(2,3)4)22-13-7-12(18)23-16-24-15(25-26(13)16)14-10(20)5-9(19)6-11(14)21/h5-8,22H,1-4H3/t8-/m1/s1. The molecule has 138 valence electrons. The van der Waals surface area contributed by atoms with Crippen molar-refractivity contribution in [3.05, 3.63) is 40.8 Å². The number of aromatic nitrogens is 4. The second-order valence-electron chi connectivity index (χ2n) is 7.09. The Bertz CT molecular complexity index is 957. The maximum Gasteiger partial charge on any atom is 0.256 e. The van der Waals surface area contributed by atoms with E-state index in [2.05, 4.69) is 41.2 Å². The first-order valence-corrected chi connectivity index (χ1v) is 8.29. The van der Waals surface area contributed by atoms with Gasteiger partial charge < -0.3 is 5.32 Å². The average Bonchev–Trinajstić information content (AvgIpc) is 2.88. The SMILES string of the molecule is C[C@@H](Nc1cc(Cl)nc2nc(-c3c(F)cc(F)cc3F)nn12)C(C)(C)C. The summed E-state index contributed by atoms with van der Waals surface area (Å²) in [6.45, 7) is 8.15. The van der Waals surface area contributed by atoms with Gasteiger partial charge in [-0.1, -0.05) is 32.4 Å². The molecule has 0 amide bonds. The molecular formula is C17H17ClF3N5. The van der Waals surface area contributed by atoms with E-state index in [1.54, 1.807) is 6.07 Å². The third kappa shape index (κ3) is 3.46. The third-order valence-corrected chi connectivity index (χ3v) is 4.37. The van der Waals surface area contributed by atoms with E-state index in [9.17, 15) is 13.2 Å². The number of halogens is 4. The molecule has 3 aromatic rings. The number of rotatable bonds is 3. The summed E-state index contributed by atoms with van der Waals surface area (Å²) >= 11 is 6.03. The molecule has 0 fully saturated rings. The Morgan fingerprint density at radius 2 is 1.69 bits per heavy atom. The highest BCUT2D eigenvalue weighted by molar-refractivity contribution is 6.29. The van der Waals surface area contributed by atoms with Gasteiger partial charge in [0, 0.05) is 24.2 Å². The maximum absolute atomic E-state index is 14.0. The molecule has 0 radical (unpaired) electrons. The number of anilines is 1. The second kappa shape index (κ2) is 6.42. The Labute approximate surface area is 153 Å². The van der Waals surface area contributed by atoms with Gasteiger partial charge in [0.2, 0.25) is 0 Å². The van der Waals surface area contributed by atoms with Crippen LogP contribution in [0.25, 0.3) is 17.2 Å². The number of benzene rings is 1. The van der Waals surface area contributed by atoms with Crippen molar-refractivity contribution in [2.75, 3.05) is 5.32 Å². The summed E-state index contributed by atoms with van der Waals surface area (Å²) in [5, 5.41) is 7.54. The Morgan fingerprint density at radius 3 is 2.27 bits per heavy atom. The highest BCUT2D eigenvalue weighted by Crippen LogP contribution is 2.28. The van der Waals surface area contributed by atoms with Gasteiger partial charge in [-0.05, 0) is 12.3 Å². The lowest BCUT2D eigenvalue weighted by atomic mass is 9.88. The van der Waals surface area contributed by atoms with E-state index in [0.717, 1.165) is 0 Å². The van der Waals surface area contributed by atoms with Crippen molar-refractivity contribution >= 4 is 23.2 Å². The number of fused-ring (bicyclic) bond motifs is 1. The number of nitrogens with zero attached hydrogens (tertiary/aromatic N) is 4. The lowest BCUT2D eigenvalue weighted by Gasteiger charge is -2.28. The van der Waals surface area contributed by atoms with Crippen molar-refractivity contribution in [3.8, 4) is 11.4 Å². The smallest absolute Gasteiger partial charge is 0.256 e. The van der Waals surface area contributed by atoms with Crippen molar-refractivity contribution < 1.29 is 13.2 Å². The van der Waals surface area contributed by atoms with E-state index in [1.165, 1.54) is 4.52 Å². The molecule has 0 aliphatic carbocycles. The molecule has 26 heavy (non-hydrogen) atoms. The fraction of sp³-hybridized carbons (Fsp3) is 0.353. The van der Waals surface area contributed by atoms with Crippen molar-refractivity contribution in [1.29, 1.82) is 0 Å². The van der Waals surface area contributed by atoms with Gasteiger partial charge in [-0.25, -0.2) is 13.2 Å². The molecular weight excluding hydrogens is 367 g/mol. The van der Waals surface area contributed by atoms with E-state index in [1.807, 2.05) is 6.92 Å². The molecule has 0 saturated heterocycles. The van der Waals surface area contributed by atoms with Gasteiger partial charge in [0.1, 0.15) is 28.4 Å². The van der Waals surface area contributed by atoms with Crippen LogP contribution in [0.1, 0.15) is 27.7 Å². The van der Waals surface area contributed by atoms with Crippen LogP contribution in [0.2, 0.25) is 5.15 Å². The minimum Gasteiger partial charge on any atom is -0.367 e. The van der Waals surface area contributed by atoms with Crippen LogP contribution in [0.5, 0.6) is 0 Å². The molecule has 0 unspecified atom stereocenters. The number of nitrogens with one attached hydrogen (secondary N) is 1. The first kappa shape index (κ1) is 18.4. The number of hydrogen-bond donors (Lipinski definition) is 1. The lowest BCUT2D eigenvalue weighted by Crippen LogP contribution is -2.31. The molecule has 2 heterocycles. The topological polar surface area (TPSA) is 55.1 Å². The summed E-state index contributed by atoms with van der Waals surface area (Å²) in [4.78, 5) is 8.06. The molecule has 5 nitrogen and oxygen atoms in total. The van der Waals surface area contributed by atoms with Gasteiger partial charge in [0.25, 0.3) is 5.78 Å². The highest BCUT2D eigenvalue weighted by Gasteiger charge is 2.23. The normalized spacial score (nSPS) is 13.2. The van der Waals surface area contributed by atoms with Crippen LogP contribution in [0.4, 0.5) is 19.0 Å². The van der Waals surface area contributed by atoms with Crippen LogP contribution in [0.3, 0.4) is 0 Å². The zero-order chi connectivity index (χ0) is 19.2. The van der Waals surface area contributed by atoms with Crippen molar-refractivity contribution in [1.82, 2.24) is 19.6 Å². The van der Waals surface area contributed by atoms with E-state index in [0.29, 0.717) is 18.0 Å². The Morgan fingerprint density at radius 1 is 1.08 bits per heavy atom. The van der Waals surface area contributed by atoms with Crippen LogP contribution in [-0.4, -0.2) is 25.6 Å². The molecule has 0 bridgehead atoms. The van der Waals surface area contributed by atoms with Crippen LogP contribution < -0.4 is 5.32 Å². The Kier molecular flexibility index (Phi) is 4.56. The first-order valence-electron chi connectivity index (χ1n) is 7.91.